The number of pyridine rings is 1. The van der Waals surface area contributed by atoms with Crippen LogP contribution >= 0.6 is 23.4 Å². The van der Waals surface area contributed by atoms with Crippen LogP contribution in [0.1, 0.15) is 43.1 Å². The molecule has 2 unspecified atom stereocenters. The van der Waals surface area contributed by atoms with Crippen LogP contribution in [0.5, 0.6) is 0 Å². The molecule has 108 valence electrons. The van der Waals surface area contributed by atoms with Crippen LogP contribution in [0.15, 0.2) is 12.3 Å². The van der Waals surface area contributed by atoms with E-state index < -0.39 is 0 Å². The minimum Gasteiger partial charge on any atom is -0.307 e. The molecule has 0 spiro atoms. The summed E-state index contributed by atoms with van der Waals surface area (Å²) in [4.78, 5) is 9.32. The van der Waals surface area contributed by atoms with Crippen molar-refractivity contribution in [2.45, 2.75) is 49.8 Å². The number of alkyl halides is 1. The molecule has 0 aliphatic heterocycles. The highest BCUT2D eigenvalue weighted by Crippen LogP contribution is 2.38. The lowest BCUT2D eigenvalue weighted by Gasteiger charge is -2.32. The molecule has 1 saturated carbocycles. The van der Waals surface area contributed by atoms with Crippen LogP contribution in [-0.4, -0.2) is 26.0 Å². The highest BCUT2D eigenvalue weighted by atomic mass is 35.5. The van der Waals surface area contributed by atoms with E-state index in [1.807, 2.05) is 18.0 Å². The maximum atomic E-state index is 6.14. The Morgan fingerprint density at radius 1 is 1.40 bits per heavy atom. The van der Waals surface area contributed by atoms with Crippen molar-refractivity contribution in [1.82, 2.24) is 14.5 Å². The first kappa shape index (κ1) is 14.2. The van der Waals surface area contributed by atoms with E-state index in [4.69, 9.17) is 16.6 Å². The number of rotatable bonds is 3. The van der Waals surface area contributed by atoms with Gasteiger partial charge >= 0.3 is 0 Å². The number of imidazole rings is 1. The summed E-state index contributed by atoms with van der Waals surface area (Å²) in [7, 11) is 0. The first-order chi connectivity index (χ1) is 9.74. The van der Waals surface area contributed by atoms with Crippen LogP contribution < -0.4 is 0 Å². The fraction of sp³-hybridized carbons (Fsp3) is 0.600. The highest BCUT2D eigenvalue weighted by Gasteiger charge is 2.29. The summed E-state index contributed by atoms with van der Waals surface area (Å²) >= 11 is 8.10. The summed E-state index contributed by atoms with van der Waals surface area (Å²) in [6.45, 7) is 2.05. The summed E-state index contributed by atoms with van der Waals surface area (Å²) in [5.74, 6) is 1.42. The Kier molecular flexibility index (Phi) is 4.22. The molecule has 5 heteroatoms. The van der Waals surface area contributed by atoms with Gasteiger partial charge in [-0.3, -0.25) is 0 Å². The van der Waals surface area contributed by atoms with Gasteiger partial charge in [0, 0.05) is 17.5 Å². The molecule has 3 rings (SSSR count). The van der Waals surface area contributed by atoms with Gasteiger partial charge in [-0.1, -0.05) is 12.8 Å². The van der Waals surface area contributed by atoms with Gasteiger partial charge < -0.3 is 4.57 Å². The molecule has 2 aromatic heterocycles. The Bertz CT molecular complexity index is 610. The molecule has 0 amide bonds. The summed E-state index contributed by atoms with van der Waals surface area (Å²) < 4.78 is 2.31. The monoisotopic (exact) mass is 309 g/mol. The van der Waals surface area contributed by atoms with Crippen LogP contribution in [0.25, 0.3) is 11.2 Å². The third-order valence-corrected chi connectivity index (χ3v) is 5.56. The summed E-state index contributed by atoms with van der Waals surface area (Å²) in [5.41, 5.74) is 3.12. The number of aryl methyl sites for hydroxylation is 1. The van der Waals surface area contributed by atoms with Crippen molar-refractivity contribution in [3.8, 4) is 0 Å². The maximum Gasteiger partial charge on any atom is 0.160 e. The minimum absolute atomic E-state index is 0.451. The van der Waals surface area contributed by atoms with Crippen molar-refractivity contribution in [2.24, 2.45) is 0 Å². The van der Waals surface area contributed by atoms with Crippen LogP contribution in [-0.2, 0) is 5.88 Å². The molecule has 0 bridgehead atoms. The molecule has 20 heavy (non-hydrogen) atoms. The quantitative estimate of drug-likeness (QED) is 0.791. The van der Waals surface area contributed by atoms with E-state index in [-0.39, 0.29) is 0 Å². The summed E-state index contributed by atoms with van der Waals surface area (Å²) in [6, 6.07) is 2.58. The molecule has 2 aromatic rings. The summed E-state index contributed by atoms with van der Waals surface area (Å²) in [5, 5.41) is 0.645. The van der Waals surface area contributed by atoms with Gasteiger partial charge in [0.1, 0.15) is 11.3 Å². The average Bonchev–Trinajstić information content (AvgIpc) is 2.84. The van der Waals surface area contributed by atoms with Crippen LogP contribution in [0.4, 0.5) is 0 Å². The Morgan fingerprint density at radius 3 is 2.95 bits per heavy atom. The topological polar surface area (TPSA) is 30.7 Å². The van der Waals surface area contributed by atoms with Gasteiger partial charge in [0.25, 0.3) is 0 Å². The van der Waals surface area contributed by atoms with Gasteiger partial charge in [0.15, 0.2) is 5.65 Å². The molecule has 0 aromatic carbocycles. The van der Waals surface area contributed by atoms with E-state index in [1.165, 1.54) is 25.7 Å². The van der Waals surface area contributed by atoms with Crippen molar-refractivity contribution < 1.29 is 0 Å². The van der Waals surface area contributed by atoms with E-state index >= 15 is 0 Å². The van der Waals surface area contributed by atoms with E-state index in [0.29, 0.717) is 17.2 Å². The number of halogens is 1. The molecule has 1 aliphatic rings. The molecular formula is C15H20ClN3S. The van der Waals surface area contributed by atoms with Crippen LogP contribution in [0.2, 0.25) is 0 Å². The fourth-order valence-corrected chi connectivity index (χ4v) is 4.38. The molecular weight excluding hydrogens is 290 g/mol. The standard InChI is InChI=1S/C15H20ClN3S/c1-10-7-11-15(17-9-10)19(14(8-16)18-11)12-5-3-4-6-13(12)20-2/h7,9,12-13H,3-6,8H2,1-2H3. The average molecular weight is 310 g/mol. The van der Waals surface area contributed by atoms with Crippen molar-refractivity contribution in [2.75, 3.05) is 6.26 Å². The Hall–Kier alpha value is -0.740. The molecule has 0 radical (unpaired) electrons. The Morgan fingerprint density at radius 2 is 2.20 bits per heavy atom. The van der Waals surface area contributed by atoms with Crippen molar-refractivity contribution in [3.63, 3.8) is 0 Å². The number of aromatic nitrogens is 3. The molecule has 0 saturated heterocycles. The van der Waals surface area contributed by atoms with E-state index in [2.05, 4.69) is 28.8 Å². The second kappa shape index (κ2) is 5.94. The largest absolute Gasteiger partial charge is 0.307 e. The van der Waals surface area contributed by atoms with Gasteiger partial charge in [-0.05, 0) is 37.7 Å². The Balaban J connectivity index is 2.13. The third-order valence-electron chi connectivity index (χ3n) is 4.16. The van der Waals surface area contributed by atoms with Gasteiger partial charge in [-0.15, -0.1) is 11.6 Å². The van der Waals surface area contributed by atoms with Crippen molar-refractivity contribution in [3.05, 3.63) is 23.7 Å². The lowest BCUT2D eigenvalue weighted by Crippen LogP contribution is -2.26. The molecule has 2 heterocycles. The lowest BCUT2D eigenvalue weighted by atomic mass is 9.94. The maximum absolute atomic E-state index is 6.14. The van der Waals surface area contributed by atoms with E-state index in [9.17, 15) is 0 Å². The minimum atomic E-state index is 0.451. The smallest absolute Gasteiger partial charge is 0.160 e. The first-order valence-corrected chi connectivity index (χ1v) is 8.99. The second-order valence-electron chi connectivity index (χ2n) is 5.51. The fourth-order valence-electron chi connectivity index (χ4n) is 3.22. The zero-order chi connectivity index (χ0) is 14.1. The highest BCUT2D eigenvalue weighted by molar-refractivity contribution is 7.99. The second-order valence-corrected chi connectivity index (χ2v) is 6.86. The van der Waals surface area contributed by atoms with Crippen molar-refractivity contribution in [1.29, 1.82) is 0 Å². The molecule has 3 nitrogen and oxygen atoms in total. The number of thioether (sulfide) groups is 1. The van der Waals surface area contributed by atoms with Gasteiger partial charge in [0.2, 0.25) is 0 Å². The molecule has 0 N–H and O–H groups in total. The summed E-state index contributed by atoms with van der Waals surface area (Å²) in [6.07, 6.45) is 9.23. The van der Waals surface area contributed by atoms with Crippen LogP contribution in [0, 0.1) is 6.92 Å². The van der Waals surface area contributed by atoms with Gasteiger partial charge in [-0.25, -0.2) is 9.97 Å². The molecule has 1 fully saturated rings. The zero-order valence-corrected chi connectivity index (χ0v) is 13.5. The third kappa shape index (κ3) is 2.44. The van der Waals surface area contributed by atoms with Crippen molar-refractivity contribution >= 4 is 34.5 Å². The zero-order valence-electron chi connectivity index (χ0n) is 12.0. The van der Waals surface area contributed by atoms with E-state index in [1.54, 1.807) is 0 Å². The predicted octanol–water partition coefficient (Wildman–Crippen LogP) is 4.33. The number of nitrogens with zero attached hydrogens (tertiary/aromatic N) is 3. The van der Waals surface area contributed by atoms with E-state index in [0.717, 1.165) is 22.6 Å². The Labute approximate surface area is 129 Å². The number of fused-ring (bicyclic) bond motifs is 1. The number of hydrogen-bond donors (Lipinski definition) is 0. The van der Waals surface area contributed by atoms with Crippen LogP contribution in [0.3, 0.4) is 0 Å². The normalized spacial score (nSPS) is 23.4. The SMILES string of the molecule is CSC1CCCCC1n1c(CCl)nc2cc(C)cnc21. The van der Waals surface area contributed by atoms with Gasteiger partial charge in [0.05, 0.1) is 5.88 Å². The molecule has 2 atom stereocenters. The number of hydrogen-bond acceptors (Lipinski definition) is 3. The predicted molar refractivity (Wildman–Crippen MR) is 86.6 cm³/mol. The first-order valence-electron chi connectivity index (χ1n) is 7.17. The molecule has 1 aliphatic carbocycles. The lowest BCUT2D eigenvalue weighted by molar-refractivity contribution is 0.364. The van der Waals surface area contributed by atoms with Gasteiger partial charge in [-0.2, -0.15) is 11.8 Å².